The molecule has 2 rings (SSSR count). The van der Waals surface area contributed by atoms with Crippen LogP contribution in [0.4, 0.5) is 11.6 Å². The van der Waals surface area contributed by atoms with Gasteiger partial charge >= 0.3 is 0 Å². The third kappa shape index (κ3) is 3.65. The van der Waals surface area contributed by atoms with E-state index in [1.54, 1.807) is 11.3 Å². The summed E-state index contributed by atoms with van der Waals surface area (Å²) in [5, 5.41) is 20.1. The second kappa shape index (κ2) is 6.83. The van der Waals surface area contributed by atoms with Gasteiger partial charge in [-0.15, -0.1) is 0 Å². The fourth-order valence-corrected chi connectivity index (χ4v) is 2.75. The number of nitrogens with zero attached hydrogens (tertiary/aromatic N) is 2. The van der Waals surface area contributed by atoms with E-state index in [0.717, 1.165) is 22.4 Å². The van der Waals surface area contributed by atoms with Gasteiger partial charge in [0, 0.05) is 13.1 Å². The maximum atomic E-state index is 10.0. The number of aliphatic hydroxyl groups excluding tert-OH is 1. The van der Waals surface area contributed by atoms with Gasteiger partial charge in [-0.25, -0.2) is 9.97 Å². The van der Waals surface area contributed by atoms with Gasteiger partial charge in [0.2, 0.25) is 0 Å². The number of anilines is 2. The third-order valence-electron chi connectivity index (χ3n) is 2.52. The van der Waals surface area contributed by atoms with Crippen LogP contribution in [0.3, 0.4) is 0 Å². The number of hydrogen-bond donors (Lipinski definition) is 3. The Balaban J connectivity index is 2.01. The zero-order valence-corrected chi connectivity index (χ0v) is 12.8. The van der Waals surface area contributed by atoms with Gasteiger partial charge in [0.1, 0.15) is 22.4 Å². The molecule has 0 saturated carbocycles. The van der Waals surface area contributed by atoms with Crippen LogP contribution in [-0.4, -0.2) is 28.2 Å². The summed E-state index contributed by atoms with van der Waals surface area (Å²) in [6.45, 7) is 3.19. The van der Waals surface area contributed by atoms with Crippen LogP contribution in [0.15, 0.2) is 27.6 Å². The zero-order valence-electron chi connectivity index (χ0n) is 10.4. The first-order valence-electron chi connectivity index (χ1n) is 5.90. The quantitative estimate of drug-likeness (QED) is 0.752. The highest BCUT2D eigenvalue weighted by Crippen LogP contribution is 2.27. The lowest BCUT2D eigenvalue weighted by Gasteiger charge is -2.13. The van der Waals surface area contributed by atoms with E-state index in [9.17, 15) is 5.11 Å². The van der Waals surface area contributed by atoms with Gasteiger partial charge in [0.25, 0.3) is 0 Å². The van der Waals surface area contributed by atoms with Crippen LogP contribution in [0.2, 0.25) is 0 Å². The second-order valence-electron chi connectivity index (χ2n) is 3.87. The van der Waals surface area contributed by atoms with Crippen LogP contribution in [0.5, 0.6) is 0 Å². The molecule has 1 unspecified atom stereocenters. The van der Waals surface area contributed by atoms with Crippen LogP contribution in [0.25, 0.3) is 0 Å². The standard InChI is InChI=1S/C12H15BrN4OS/c1-2-14-11-10(13)12(17-7-16-11)15-5-9(18)8-3-4-19-6-8/h3-4,6-7,9,18H,2,5H2,1H3,(H2,14,15,16,17). The smallest absolute Gasteiger partial charge is 0.146 e. The van der Waals surface area contributed by atoms with E-state index in [2.05, 4.69) is 36.5 Å². The molecule has 2 aromatic heterocycles. The van der Waals surface area contributed by atoms with Crippen LogP contribution in [-0.2, 0) is 0 Å². The first-order valence-corrected chi connectivity index (χ1v) is 7.64. The second-order valence-corrected chi connectivity index (χ2v) is 5.44. The first-order chi connectivity index (χ1) is 9.22. The van der Waals surface area contributed by atoms with Gasteiger partial charge in [-0.05, 0) is 45.2 Å². The molecule has 7 heteroatoms. The first kappa shape index (κ1) is 14.2. The maximum Gasteiger partial charge on any atom is 0.146 e. The van der Waals surface area contributed by atoms with E-state index < -0.39 is 6.10 Å². The minimum Gasteiger partial charge on any atom is -0.387 e. The van der Waals surface area contributed by atoms with Crippen molar-refractivity contribution in [3.63, 3.8) is 0 Å². The topological polar surface area (TPSA) is 70.1 Å². The molecule has 0 aliphatic carbocycles. The van der Waals surface area contributed by atoms with Gasteiger partial charge in [-0.2, -0.15) is 11.3 Å². The normalized spacial score (nSPS) is 12.2. The van der Waals surface area contributed by atoms with Crippen LogP contribution >= 0.6 is 27.3 Å². The summed E-state index contributed by atoms with van der Waals surface area (Å²) in [6, 6.07) is 1.91. The van der Waals surface area contributed by atoms with Crippen molar-refractivity contribution < 1.29 is 5.11 Å². The lowest BCUT2D eigenvalue weighted by atomic mass is 10.2. The number of aromatic nitrogens is 2. The molecule has 2 aromatic rings. The molecule has 0 radical (unpaired) electrons. The van der Waals surface area contributed by atoms with Gasteiger partial charge in [-0.1, -0.05) is 0 Å². The Labute approximate surface area is 124 Å². The molecule has 5 nitrogen and oxygen atoms in total. The Morgan fingerprint density at radius 2 is 2.11 bits per heavy atom. The van der Waals surface area contributed by atoms with Gasteiger partial charge in [-0.3, -0.25) is 0 Å². The summed E-state index contributed by atoms with van der Waals surface area (Å²) in [5.41, 5.74) is 0.912. The molecule has 0 aliphatic heterocycles. The Hall–Kier alpha value is -1.18. The molecule has 0 fully saturated rings. The molecule has 0 amide bonds. The average Bonchev–Trinajstić information content (AvgIpc) is 2.94. The third-order valence-corrected chi connectivity index (χ3v) is 3.98. The summed E-state index contributed by atoms with van der Waals surface area (Å²) in [5.74, 6) is 1.41. The van der Waals surface area contributed by atoms with Crippen molar-refractivity contribution in [3.05, 3.63) is 33.2 Å². The zero-order chi connectivity index (χ0) is 13.7. The fraction of sp³-hybridized carbons (Fsp3) is 0.333. The number of thiophene rings is 1. The van der Waals surface area contributed by atoms with E-state index in [1.165, 1.54) is 6.33 Å². The Morgan fingerprint density at radius 3 is 2.74 bits per heavy atom. The maximum absolute atomic E-state index is 10.0. The summed E-state index contributed by atoms with van der Waals surface area (Å²) in [6.07, 6.45) is 0.943. The number of rotatable bonds is 6. The van der Waals surface area contributed by atoms with Gasteiger partial charge < -0.3 is 15.7 Å². The minimum absolute atomic E-state index is 0.401. The van der Waals surface area contributed by atoms with Crippen molar-refractivity contribution in [2.24, 2.45) is 0 Å². The molecular formula is C12H15BrN4OS. The van der Waals surface area contributed by atoms with Crippen LogP contribution in [0, 0.1) is 0 Å². The van der Waals surface area contributed by atoms with Gasteiger partial charge in [0.05, 0.1) is 6.10 Å². The highest BCUT2D eigenvalue weighted by atomic mass is 79.9. The highest BCUT2D eigenvalue weighted by molar-refractivity contribution is 9.10. The molecule has 0 spiro atoms. The molecule has 0 bridgehead atoms. The predicted octanol–water partition coefficient (Wildman–Crippen LogP) is 2.88. The molecular weight excluding hydrogens is 328 g/mol. The summed E-state index contributed by atoms with van der Waals surface area (Å²) in [7, 11) is 0. The molecule has 0 aliphatic rings. The van der Waals surface area contributed by atoms with Crippen LogP contribution < -0.4 is 10.6 Å². The largest absolute Gasteiger partial charge is 0.387 e. The SMILES string of the molecule is CCNc1ncnc(NCC(O)c2ccsc2)c1Br. The minimum atomic E-state index is -0.546. The Bertz CT molecular complexity index is 520. The summed E-state index contributed by atoms with van der Waals surface area (Å²) < 4.78 is 0.773. The number of halogens is 1. The van der Waals surface area contributed by atoms with E-state index in [-0.39, 0.29) is 0 Å². The monoisotopic (exact) mass is 342 g/mol. The Morgan fingerprint density at radius 1 is 1.37 bits per heavy atom. The average molecular weight is 343 g/mol. The van der Waals surface area contributed by atoms with Gasteiger partial charge in [0.15, 0.2) is 0 Å². The molecule has 102 valence electrons. The van der Waals surface area contributed by atoms with E-state index in [1.807, 2.05) is 23.8 Å². The molecule has 1 atom stereocenters. The predicted molar refractivity (Wildman–Crippen MR) is 81.7 cm³/mol. The number of aliphatic hydroxyl groups is 1. The van der Waals surface area contributed by atoms with E-state index >= 15 is 0 Å². The fourth-order valence-electron chi connectivity index (χ4n) is 1.56. The Kier molecular flexibility index (Phi) is 5.12. The van der Waals surface area contributed by atoms with Crippen molar-refractivity contribution in [2.45, 2.75) is 13.0 Å². The van der Waals surface area contributed by atoms with Crippen molar-refractivity contribution in [1.29, 1.82) is 0 Å². The van der Waals surface area contributed by atoms with Crippen molar-refractivity contribution in [1.82, 2.24) is 9.97 Å². The molecule has 0 saturated heterocycles. The molecule has 19 heavy (non-hydrogen) atoms. The lowest BCUT2D eigenvalue weighted by molar-refractivity contribution is 0.192. The number of hydrogen-bond acceptors (Lipinski definition) is 6. The van der Waals surface area contributed by atoms with E-state index in [4.69, 9.17) is 0 Å². The number of nitrogens with one attached hydrogen (secondary N) is 2. The van der Waals surface area contributed by atoms with E-state index in [0.29, 0.717) is 12.4 Å². The van der Waals surface area contributed by atoms with Crippen molar-refractivity contribution in [2.75, 3.05) is 23.7 Å². The summed E-state index contributed by atoms with van der Waals surface area (Å²) in [4.78, 5) is 8.29. The van der Waals surface area contributed by atoms with Crippen LogP contribution in [0.1, 0.15) is 18.6 Å². The molecule has 0 aromatic carbocycles. The molecule has 3 N–H and O–H groups in total. The summed E-state index contributed by atoms with van der Waals surface area (Å²) >= 11 is 5.02. The lowest BCUT2D eigenvalue weighted by Crippen LogP contribution is -2.13. The molecule has 2 heterocycles. The van der Waals surface area contributed by atoms with Crippen molar-refractivity contribution in [3.8, 4) is 0 Å². The van der Waals surface area contributed by atoms with Crippen molar-refractivity contribution >= 4 is 38.9 Å². The highest BCUT2D eigenvalue weighted by Gasteiger charge is 2.11.